The lowest BCUT2D eigenvalue weighted by atomic mass is 9.92. The Morgan fingerprint density at radius 3 is 2.71 bits per heavy atom. The predicted octanol–water partition coefficient (Wildman–Crippen LogP) is 1.15. The van der Waals surface area contributed by atoms with Gasteiger partial charge in [-0.1, -0.05) is 6.92 Å². The highest BCUT2D eigenvalue weighted by molar-refractivity contribution is 5.78. The van der Waals surface area contributed by atoms with E-state index in [1.54, 1.807) is 6.92 Å². The monoisotopic (exact) mass is 245 g/mol. The summed E-state index contributed by atoms with van der Waals surface area (Å²) in [4.78, 5) is 11.0. The zero-order valence-corrected chi connectivity index (χ0v) is 10.5. The summed E-state index contributed by atoms with van der Waals surface area (Å²) in [5, 5.41) is 9.00. The van der Waals surface area contributed by atoms with Crippen LogP contribution in [0.15, 0.2) is 0 Å². The van der Waals surface area contributed by atoms with Gasteiger partial charge in [-0.2, -0.15) is 0 Å². The molecular weight excluding hydrogens is 222 g/mol. The van der Waals surface area contributed by atoms with E-state index in [1.165, 1.54) is 0 Å². The molecule has 0 spiro atoms. The topological polar surface area (TPSA) is 81.8 Å². The number of carboxylic acid groups (broad SMARTS) is 1. The van der Waals surface area contributed by atoms with Crippen molar-refractivity contribution in [2.45, 2.75) is 50.7 Å². The van der Waals surface area contributed by atoms with Gasteiger partial charge in [0.2, 0.25) is 0 Å². The Balaban J connectivity index is 2.16. The molecule has 0 radical (unpaired) electrons. The third-order valence-corrected chi connectivity index (χ3v) is 3.35. The minimum atomic E-state index is -1.10. The highest BCUT2D eigenvalue weighted by atomic mass is 16.5. The Bertz CT molecular complexity index is 241. The van der Waals surface area contributed by atoms with Gasteiger partial charge in [0.15, 0.2) is 0 Å². The van der Waals surface area contributed by atoms with Gasteiger partial charge >= 0.3 is 5.97 Å². The molecule has 0 aromatic carbocycles. The molecule has 1 saturated heterocycles. The van der Waals surface area contributed by atoms with Crippen molar-refractivity contribution in [2.24, 2.45) is 5.73 Å². The molecule has 3 N–H and O–H groups in total. The lowest BCUT2D eigenvalue weighted by molar-refractivity contribution is -0.144. The van der Waals surface area contributed by atoms with Gasteiger partial charge in [-0.15, -0.1) is 0 Å². The van der Waals surface area contributed by atoms with E-state index >= 15 is 0 Å². The first-order valence-electron chi connectivity index (χ1n) is 6.30. The minimum Gasteiger partial charge on any atom is -0.480 e. The third kappa shape index (κ3) is 4.61. The van der Waals surface area contributed by atoms with Gasteiger partial charge in [0.25, 0.3) is 0 Å². The van der Waals surface area contributed by atoms with Gasteiger partial charge in [-0.25, -0.2) is 0 Å². The summed E-state index contributed by atoms with van der Waals surface area (Å²) in [6.07, 6.45) is 3.72. The number of rotatable bonds is 7. The van der Waals surface area contributed by atoms with Crippen LogP contribution in [-0.2, 0) is 14.3 Å². The second-order valence-corrected chi connectivity index (χ2v) is 4.60. The molecule has 1 aliphatic rings. The predicted molar refractivity (Wildman–Crippen MR) is 63.9 cm³/mol. The lowest BCUT2D eigenvalue weighted by Crippen LogP contribution is -2.47. The van der Waals surface area contributed by atoms with E-state index in [0.717, 1.165) is 26.1 Å². The molecule has 5 heteroatoms. The molecule has 1 rings (SSSR count). The van der Waals surface area contributed by atoms with Crippen molar-refractivity contribution >= 4 is 5.97 Å². The largest absolute Gasteiger partial charge is 0.480 e. The van der Waals surface area contributed by atoms with Crippen LogP contribution in [0.25, 0.3) is 0 Å². The third-order valence-electron chi connectivity index (χ3n) is 3.35. The number of hydrogen-bond acceptors (Lipinski definition) is 4. The molecule has 17 heavy (non-hydrogen) atoms. The highest BCUT2D eigenvalue weighted by Crippen LogP contribution is 2.16. The van der Waals surface area contributed by atoms with E-state index in [0.29, 0.717) is 25.9 Å². The smallest absolute Gasteiger partial charge is 0.323 e. The van der Waals surface area contributed by atoms with E-state index in [1.807, 2.05) is 0 Å². The zero-order valence-electron chi connectivity index (χ0n) is 10.5. The van der Waals surface area contributed by atoms with Crippen LogP contribution >= 0.6 is 0 Å². The van der Waals surface area contributed by atoms with E-state index in [4.69, 9.17) is 20.3 Å². The number of carbonyl (C=O) groups is 1. The number of carboxylic acids is 1. The number of hydrogen-bond donors (Lipinski definition) is 2. The van der Waals surface area contributed by atoms with Crippen LogP contribution in [0.5, 0.6) is 0 Å². The van der Waals surface area contributed by atoms with E-state index in [-0.39, 0.29) is 6.10 Å². The number of ether oxygens (including phenoxy) is 2. The maximum atomic E-state index is 11.0. The molecule has 100 valence electrons. The quantitative estimate of drug-likeness (QED) is 0.658. The minimum absolute atomic E-state index is 0.266. The fraction of sp³-hybridized carbons (Fsp3) is 0.917. The molecule has 1 heterocycles. The van der Waals surface area contributed by atoms with Crippen LogP contribution in [0, 0.1) is 0 Å². The fourth-order valence-corrected chi connectivity index (χ4v) is 1.92. The van der Waals surface area contributed by atoms with Gasteiger partial charge < -0.3 is 20.3 Å². The van der Waals surface area contributed by atoms with E-state index in [2.05, 4.69) is 0 Å². The molecule has 5 nitrogen and oxygen atoms in total. The molecule has 0 saturated carbocycles. The molecule has 1 aliphatic heterocycles. The van der Waals surface area contributed by atoms with Crippen molar-refractivity contribution < 1.29 is 19.4 Å². The zero-order chi connectivity index (χ0) is 12.7. The van der Waals surface area contributed by atoms with Crippen LogP contribution in [0.3, 0.4) is 0 Å². The summed E-state index contributed by atoms with van der Waals surface area (Å²) >= 11 is 0. The van der Waals surface area contributed by atoms with Crippen LogP contribution in [0.1, 0.15) is 39.0 Å². The molecule has 1 fully saturated rings. The van der Waals surface area contributed by atoms with Crippen molar-refractivity contribution in [2.75, 3.05) is 19.8 Å². The summed E-state index contributed by atoms with van der Waals surface area (Å²) in [6.45, 7) is 3.90. The summed E-state index contributed by atoms with van der Waals surface area (Å²) < 4.78 is 10.9. The van der Waals surface area contributed by atoms with Gasteiger partial charge in [0.05, 0.1) is 6.10 Å². The van der Waals surface area contributed by atoms with Gasteiger partial charge in [0, 0.05) is 19.8 Å². The summed E-state index contributed by atoms with van der Waals surface area (Å²) in [5.74, 6) is -0.925. The van der Waals surface area contributed by atoms with Crippen molar-refractivity contribution in [3.8, 4) is 0 Å². The maximum absolute atomic E-state index is 11.0. The average Bonchev–Trinajstić information content (AvgIpc) is 2.35. The first-order valence-corrected chi connectivity index (χ1v) is 6.30. The van der Waals surface area contributed by atoms with E-state index < -0.39 is 11.5 Å². The summed E-state index contributed by atoms with van der Waals surface area (Å²) in [7, 11) is 0. The molecule has 0 aromatic rings. The second-order valence-electron chi connectivity index (χ2n) is 4.60. The maximum Gasteiger partial charge on any atom is 0.323 e. The Kier molecular flexibility index (Phi) is 5.88. The second kappa shape index (κ2) is 6.93. The Morgan fingerprint density at radius 2 is 2.18 bits per heavy atom. The average molecular weight is 245 g/mol. The van der Waals surface area contributed by atoms with Crippen LogP contribution in [0.2, 0.25) is 0 Å². The van der Waals surface area contributed by atoms with Gasteiger partial charge in [-0.05, 0) is 32.1 Å². The molecule has 0 amide bonds. The standard InChI is InChI=1S/C12H23NO4/c1-2-12(13,11(14)15)6-3-7-17-10-4-8-16-9-5-10/h10H,2-9,13H2,1H3,(H,14,15). The first-order chi connectivity index (χ1) is 8.08. The van der Waals surface area contributed by atoms with Crippen LogP contribution in [-0.4, -0.2) is 42.5 Å². The molecule has 1 atom stereocenters. The van der Waals surface area contributed by atoms with Crippen LogP contribution < -0.4 is 5.73 Å². The van der Waals surface area contributed by atoms with Crippen molar-refractivity contribution in [1.29, 1.82) is 0 Å². The van der Waals surface area contributed by atoms with Gasteiger partial charge in [-0.3, -0.25) is 4.79 Å². The van der Waals surface area contributed by atoms with Crippen molar-refractivity contribution in [1.82, 2.24) is 0 Å². The summed E-state index contributed by atoms with van der Waals surface area (Å²) in [5.41, 5.74) is 4.69. The Morgan fingerprint density at radius 1 is 1.53 bits per heavy atom. The van der Waals surface area contributed by atoms with E-state index in [9.17, 15) is 4.79 Å². The number of nitrogens with two attached hydrogens (primary N) is 1. The molecule has 1 unspecified atom stereocenters. The molecular formula is C12H23NO4. The molecule has 0 aliphatic carbocycles. The SMILES string of the molecule is CCC(N)(CCCOC1CCOCC1)C(=O)O. The first kappa shape index (κ1) is 14.4. The van der Waals surface area contributed by atoms with Gasteiger partial charge in [0.1, 0.15) is 5.54 Å². The van der Waals surface area contributed by atoms with Crippen molar-refractivity contribution in [3.63, 3.8) is 0 Å². The normalized spacial score (nSPS) is 21.1. The van der Waals surface area contributed by atoms with Crippen molar-refractivity contribution in [3.05, 3.63) is 0 Å². The van der Waals surface area contributed by atoms with Crippen LogP contribution in [0.4, 0.5) is 0 Å². The fourth-order valence-electron chi connectivity index (χ4n) is 1.92. The Hall–Kier alpha value is -0.650. The molecule has 0 bridgehead atoms. The number of aliphatic carboxylic acids is 1. The lowest BCUT2D eigenvalue weighted by Gasteiger charge is -2.25. The molecule has 0 aromatic heterocycles. The Labute approximate surface area is 102 Å². The summed E-state index contributed by atoms with van der Waals surface area (Å²) in [6, 6.07) is 0. The highest BCUT2D eigenvalue weighted by Gasteiger charge is 2.31.